The highest BCUT2D eigenvalue weighted by Crippen LogP contribution is 2.34. The molecule has 0 aromatic heterocycles. The van der Waals surface area contributed by atoms with E-state index in [2.05, 4.69) is 0 Å². The Morgan fingerprint density at radius 1 is 1.35 bits per heavy atom. The van der Waals surface area contributed by atoms with E-state index in [0.717, 1.165) is 24.3 Å². The normalized spacial score (nSPS) is 16.9. The van der Waals surface area contributed by atoms with Crippen LogP contribution in [0.2, 0.25) is 10.0 Å². The fourth-order valence-electron chi connectivity index (χ4n) is 1.70. The zero-order valence-electron chi connectivity index (χ0n) is 9.88. The number of rotatable bonds is 5. The molecule has 1 aliphatic rings. The molecule has 0 amide bonds. The molecule has 0 bridgehead atoms. The molecule has 0 radical (unpaired) electrons. The van der Waals surface area contributed by atoms with Gasteiger partial charge in [-0.05, 0) is 43.7 Å². The number of hydrogen-bond acceptors (Lipinski definition) is 2. The summed E-state index contributed by atoms with van der Waals surface area (Å²) in [6.45, 7) is 2.73. The molecule has 0 saturated heterocycles. The van der Waals surface area contributed by atoms with Crippen LogP contribution in [0.5, 0.6) is 5.75 Å². The summed E-state index contributed by atoms with van der Waals surface area (Å²) in [7, 11) is 0. The Labute approximate surface area is 112 Å². The van der Waals surface area contributed by atoms with Crippen molar-refractivity contribution in [3.8, 4) is 5.75 Å². The summed E-state index contributed by atoms with van der Waals surface area (Å²) >= 11 is 12.0. The lowest BCUT2D eigenvalue weighted by Gasteiger charge is -2.14. The van der Waals surface area contributed by atoms with Gasteiger partial charge in [-0.15, -0.1) is 0 Å². The third-order valence-corrected chi connectivity index (χ3v) is 3.54. The Morgan fingerprint density at radius 2 is 2.00 bits per heavy atom. The molecule has 1 saturated carbocycles. The molecule has 94 valence electrons. The van der Waals surface area contributed by atoms with Crippen LogP contribution in [0.4, 0.5) is 0 Å². The van der Waals surface area contributed by atoms with Gasteiger partial charge in [0.1, 0.15) is 5.75 Å². The van der Waals surface area contributed by atoms with Crippen molar-refractivity contribution < 1.29 is 4.74 Å². The fraction of sp³-hybridized carbons (Fsp3) is 0.538. The number of ether oxygens (including phenoxy) is 1. The molecule has 0 aliphatic heterocycles. The summed E-state index contributed by atoms with van der Waals surface area (Å²) in [5.74, 6) is 1.54. The van der Waals surface area contributed by atoms with E-state index < -0.39 is 0 Å². The van der Waals surface area contributed by atoms with E-state index in [4.69, 9.17) is 33.7 Å². The summed E-state index contributed by atoms with van der Waals surface area (Å²) in [6, 6.07) is 3.73. The molecule has 1 aliphatic carbocycles. The van der Waals surface area contributed by atoms with Crippen LogP contribution in [0.15, 0.2) is 12.1 Å². The fourth-order valence-corrected chi connectivity index (χ4v) is 2.04. The number of nitrogens with two attached hydrogens (primary N) is 1. The Morgan fingerprint density at radius 3 is 2.59 bits per heavy atom. The Balaban J connectivity index is 2.15. The maximum atomic E-state index is 6.02. The maximum Gasteiger partial charge on any atom is 0.124 e. The van der Waals surface area contributed by atoms with Crippen molar-refractivity contribution in [1.82, 2.24) is 0 Å². The predicted molar refractivity (Wildman–Crippen MR) is 72.0 cm³/mol. The Kier molecular flexibility index (Phi) is 4.18. The van der Waals surface area contributed by atoms with Crippen LogP contribution >= 0.6 is 23.2 Å². The summed E-state index contributed by atoms with van der Waals surface area (Å²) < 4.78 is 5.80. The third-order valence-electron chi connectivity index (χ3n) is 2.82. The van der Waals surface area contributed by atoms with Crippen LogP contribution < -0.4 is 10.5 Å². The van der Waals surface area contributed by atoms with Crippen LogP contribution in [0, 0.1) is 5.92 Å². The molecular weight excluding hydrogens is 257 g/mol. The highest BCUT2D eigenvalue weighted by molar-refractivity contribution is 6.42. The smallest absolute Gasteiger partial charge is 0.124 e. The molecule has 17 heavy (non-hydrogen) atoms. The number of halogens is 2. The van der Waals surface area contributed by atoms with Crippen molar-refractivity contribution in [3.05, 3.63) is 27.7 Å². The second-order valence-electron chi connectivity index (χ2n) is 4.81. The molecule has 2 rings (SSSR count). The molecule has 0 spiro atoms. The zero-order valence-corrected chi connectivity index (χ0v) is 11.4. The van der Waals surface area contributed by atoms with Crippen molar-refractivity contribution in [2.24, 2.45) is 11.7 Å². The van der Waals surface area contributed by atoms with Crippen LogP contribution in [0.3, 0.4) is 0 Å². The van der Waals surface area contributed by atoms with Gasteiger partial charge in [-0.25, -0.2) is 0 Å². The van der Waals surface area contributed by atoms with E-state index in [-0.39, 0.29) is 6.04 Å². The second kappa shape index (κ2) is 5.47. The predicted octanol–water partition coefficient (Wildman–Crippen LogP) is 3.67. The van der Waals surface area contributed by atoms with E-state index in [1.807, 2.05) is 13.0 Å². The summed E-state index contributed by atoms with van der Waals surface area (Å²) in [5.41, 5.74) is 6.86. The van der Waals surface area contributed by atoms with Gasteiger partial charge in [-0.1, -0.05) is 23.2 Å². The minimum atomic E-state index is 0.0792. The maximum absolute atomic E-state index is 6.02. The van der Waals surface area contributed by atoms with Crippen molar-refractivity contribution in [2.45, 2.75) is 32.2 Å². The first-order valence-corrected chi connectivity index (χ1v) is 6.68. The van der Waals surface area contributed by atoms with Gasteiger partial charge in [0.15, 0.2) is 0 Å². The zero-order chi connectivity index (χ0) is 12.4. The molecule has 4 heteroatoms. The van der Waals surface area contributed by atoms with E-state index in [0.29, 0.717) is 16.0 Å². The highest BCUT2D eigenvalue weighted by atomic mass is 35.5. The SMILES string of the molecule is CC(N)Cc1cc(Cl)c(Cl)cc1OCC1CC1. The van der Waals surface area contributed by atoms with Gasteiger partial charge in [0.05, 0.1) is 16.7 Å². The minimum absolute atomic E-state index is 0.0792. The van der Waals surface area contributed by atoms with Gasteiger partial charge in [0, 0.05) is 12.1 Å². The monoisotopic (exact) mass is 273 g/mol. The summed E-state index contributed by atoms with van der Waals surface area (Å²) in [6.07, 6.45) is 3.28. The molecular formula is C13H17Cl2NO. The first-order chi connectivity index (χ1) is 8.06. The van der Waals surface area contributed by atoms with Gasteiger partial charge in [-0.3, -0.25) is 0 Å². The van der Waals surface area contributed by atoms with Gasteiger partial charge in [-0.2, -0.15) is 0 Å². The lowest BCUT2D eigenvalue weighted by atomic mass is 10.1. The topological polar surface area (TPSA) is 35.2 Å². The van der Waals surface area contributed by atoms with E-state index in [1.54, 1.807) is 6.07 Å². The largest absolute Gasteiger partial charge is 0.493 e. The van der Waals surface area contributed by atoms with Crippen LogP contribution in [0.25, 0.3) is 0 Å². The number of hydrogen-bond donors (Lipinski definition) is 1. The van der Waals surface area contributed by atoms with Crippen molar-refractivity contribution in [1.29, 1.82) is 0 Å². The molecule has 1 unspecified atom stereocenters. The molecule has 1 aromatic carbocycles. The average Bonchev–Trinajstić information content (AvgIpc) is 3.04. The number of benzene rings is 1. The molecule has 1 atom stereocenters. The van der Waals surface area contributed by atoms with Gasteiger partial charge >= 0.3 is 0 Å². The molecule has 1 aromatic rings. The van der Waals surface area contributed by atoms with Gasteiger partial charge < -0.3 is 10.5 Å². The van der Waals surface area contributed by atoms with Gasteiger partial charge in [0.25, 0.3) is 0 Å². The standard InChI is InChI=1S/C13H17Cl2NO/c1-8(16)4-10-5-11(14)12(15)6-13(10)17-7-9-2-3-9/h5-6,8-9H,2-4,7,16H2,1H3. The van der Waals surface area contributed by atoms with Crippen LogP contribution in [0.1, 0.15) is 25.3 Å². The summed E-state index contributed by atoms with van der Waals surface area (Å²) in [5, 5.41) is 1.09. The third kappa shape index (κ3) is 3.77. The Bertz CT molecular complexity index is 403. The van der Waals surface area contributed by atoms with Crippen molar-refractivity contribution in [2.75, 3.05) is 6.61 Å². The van der Waals surface area contributed by atoms with Gasteiger partial charge in [0.2, 0.25) is 0 Å². The highest BCUT2D eigenvalue weighted by Gasteiger charge is 2.22. The lowest BCUT2D eigenvalue weighted by molar-refractivity contribution is 0.296. The Hall–Kier alpha value is -0.440. The van der Waals surface area contributed by atoms with Crippen molar-refractivity contribution >= 4 is 23.2 Å². The van der Waals surface area contributed by atoms with Crippen LogP contribution in [-0.2, 0) is 6.42 Å². The van der Waals surface area contributed by atoms with E-state index >= 15 is 0 Å². The average molecular weight is 274 g/mol. The van der Waals surface area contributed by atoms with Crippen molar-refractivity contribution in [3.63, 3.8) is 0 Å². The molecule has 2 nitrogen and oxygen atoms in total. The quantitative estimate of drug-likeness (QED) is 0.889. The minimum Gasteiger partial charge on any atom is -0.493 e. The first kappa shape index (κ1) is 13.0. The molecule has 0 heterocycles. The second-order valence-corrected chi connectivity index (χ2v) is 5.62. The molecule has 1 fully saturated rings. The lowest BCUT2D eigenvalue weighted by Crippen LogP contribution is -2.18. The van der Waals surface area contributed by atoms with E-state index in [9.17, 15) is 0 Å². The van der Waals surface area contributed by atoms with Crippen LogP contribution in [-0.4, -0.2) is 12.6 Å². The molecule has 2 N–H and O–H groups in total. The first-order valence-electron chi connectivity index (χ1n) is 5.92. The summed E-state index contributed by atoms with van der Waals surface area (Å²) in [4.78, 5) is 0. The van der Waals surface area contributed by atoms with E-state index in [1.165, 1.54) is 12.8 Å².